The molecule has 2 aliphatic rings. The minimum absolute atomic E-state index is 0.0143. The number of amides is 2. The Morgan fingerprint density at radius 3 is 2.91 bits per heavy atom. The molecule has 1 aliphatic carbocycles. The van der Waals surface area contributed by atoms with E-state index in [0.717, 1.165) is 31.6 Å². The smallest absolute Gasteiger partial charge is 0.321 e. The number of nitrogens with one attached hydrogen (secondary N) is 1. The molecular formula is C18H19N3O. The zero-order valence-electron chi connectivity index (χ0n) is 12.5. The van der Waals surface area contributed by atoms with Crippen molar-refractivity contribution in [3.05, 3.63) is 59.4 Å². The van der Waals surface area contributed by atoms with Crippen LogP contribution in [-0.4, -0.2) is 29.0 Å². The molecule has 0 unspecified atom stereocenters. The van der Waals surface area contributed by atoms with E-state index in [2.05, 4.69) is 22.4 Å². The van der Waals surface area contributed by atoms with E-state index in [1.807, 2.05) is 29.3 Å². The Kier molecular flexibility index (Phi) is 3.29. The molecule has 22 heavy (non-hydrogen) atoms. The van der Waals surface area contributed by atoms with Crippen LogP contribution >= 0.6 is 0 Å². The van der Waals surface area contributed by atoms with Crippen LogP contribution in [0.2, 0.25) is 0 Å². The standard InChI is InChI=1S/C18H19N3O/c22-18(20-17-8-2-5-13-4-1-7-16(13)17)21-11-15(12-21)14-6-3-9-19-10-14/h2-3,5-6,8-10,15H,1,4,7,11-12H2,(H,20,22). The van der Waals surface area contributed by atoms with Crippen molar-refractivity contribution in [3.8, 4) is 0 Å². The second kappa shape index (κ2) is 5.44. The number of likely N-dealkylation sites (tertiary alicyclic amines) is 1. The zero-order chi connectivity index (χ0) is 14.9. The van der Waals surface area contributed by atoms with Gasteiger partial charge in [-0.2, -0.15) is 0 Å². The Balaban J connectivity index is 1.40. The molecule has 112 valence electrons. The van der Waals surface area contributed by atoms with Crippen molar-refractivity contribution in [2.75, 3.05) is 18.4 Å². The maximum atomic E-state index is 12.4. The molecule has 0 spiro atoms. The molecule has 4 rings (SSSR count). The normalized spacial score (nSPS) is 17.0. The van der Waals surface area contributed by atoms with Gasteiger partial charge < -0.3 is 10.2 Å². The largest absolute Gasteiger partial charge is 0.323 e. The number of nitrogens with zero attached hydrogens (tertiary/aromatic N) is 2. The number of hydrogen-bond acceptors (Lipinski definition) is 2. The molecule has 2 amide bonds. The zero-order valence-corrected chi connectivity index (χ0v) is 12.5. The van der Waals surface area contributed by atoms with Crippen LogP contribution < -0.4 is 5.32 Å². The minimum atomic E-state index is 0.0143. The Morgan fingerprint density at radius 2 is 2.09 bits per heavy atom. The molecule has 0 radical (unpaired) electrons. The van der Waals surface area contributed by atoms with Gasteiger partial charge >= 0.3 is 6.03 Å². The highest BCUT2D eigenvalue weighted by molar-refractivity contribution is 5.91. The van der Waals surface area contributed by atoms with Crippen LogP contribution in [0.4, 0.5) is 10.5 Å². The first-order valence-electron chi connectivity index (χ1n) is 7.88. The fourth-order valence-corrected chi connectivity index (χ4v) is 3.40. The van der Waals surface area contributed by atoms with Gasteiger partial charge in [0.05, 0.1) is 0 Å². The lowest BCUT2D eigenvalue weighted by Crippen LogP contribution is -2.50. The second-order valence-corrected chi connectivity index (χ2v) is 6.12. The van der Waals surface area contributed by atoms with Gasteiger partial charge in [0, 0.05) is 37.1 Å². The third-order valence-electron chi connectivity index (χ3n) is 4.71. The van der Waals surface area contributed by atoms with Crippen LogP contribution in [0.25, 0.3) is 0 Å². The monoisotopic (exact) mass is 293 g/mol. The molecule has 2 aromatic rings. The van der Waals surface area contributed by atoms with Crippen LogP contribution in [-0.2, 0) is 12.8 Å². The summed E-state index contributed by atoms with van der Waals surface area (Å²) >= 11 is 0. The summed E-state index contributed by atoms with van der Waals surface area (Å²) in [7, 11) is 0. The molecule has 4 heteroatoms. The van der Waals surface area contributed by atoms with Gasteiger partial charge in [0.1, 0.15) is 0 Å². The maximum Gasteiger partial charge on any atom is 0.321 e. The van der Waals surface area contributed by atoms with Gasteiger partial charge in [-0.3, -0.25) is 4.98 Å². The number of carbonyl (C=O) groups excluding carboxylic acids is 1. The van der Waals surface area contributed by atoms with Crippen molar-refractivity contribution < 1.29 is 4.79 Å². The lowest BCUT2D eigenvalue weighted by molar-refractivity contribution is 0.164. The first kappa shape index (κ1) is 13.3. The summed E-state index contributed by atoms with van der Waals surface area (Å²) in [6.45, 7) is 1.54. The Bertz CT molecular complexity index is 693. The molecule has 4 nitrogen and oxygen atoms in total. The predicted octanol–water partition coefficient (Wildman–Crippen LogP) is 3.20. The van der Waals surface area contributed by atoms with Crippen LogP contribution in [0.5, 0.6) is 0 Å². The van der Waals surface area contributed by atoms with E-state index in [9.17, 15) is 4.79 Å². The number of aromatic nitrogens is 1. The third kappa shape index (κ3) is 2.34. The van der Waals surface area contributed by atoms with Crippen molar-refractivity contribution in [2.45, 2.75) is 25.2 Å². The minimum Gasteiger partial charge on any atom is -0.323 e. The quantitative estimate of drug-likeness (QED) is 0.924. The van der Waals surface area contributed by atoms with E-state index in [-0.39, 0.29) is 6.03 Å². The van der Waals surface area contributed by atoms with E-state index in [0.29, 0.717) is 5.92 Å². The van der Waals surface area contributed by atoms with Crippen LogP contribution in [0.1, 0.15) is 29.0 Å². The average molecular weight is 293 g/mol. The summed E-state index contributed by atoms with van der Waals surface area (Å²) in [5.41, 5.74) is 4.91. The Labute approximate surface area is 130 Å². The van der Waals surface area contributed by atoms with Gasteiger partial charge in [0.15, 0.2) is 0 Å². The highest BCUT2D eigenvalue weighted by Gasteiger charge is 2.32. The number of pyridine rings is 1. The maximum absolute atomic E-state index is 12.4. The topological polar surface area (TPSA) is 45.2 Å². The van der Waals surface area contributed by atoms with E-state index in [1.165, 1.54) is 23.1 Å². The second-order valence-electron chi connectivity index (χ2n) is 6.12. The summed E-state index contributed by atoms with van der Waals surface area (Å²) in [6, 6.07) is 10.3. The molecule has 1 aromatic heterocycles. The molecule has 1 aliphatic heterocycles. The average Bonchev–Trinajstić information content (AvgIpc) is 2.96. The van der Waals surface area contributed by atoms with Gasteiger partial charge in [-0.05, 0) is 48.1 Å². The van der Waals surface area contributed by atoms with E-state index >= 15 is 0 Å². The van der Waals surface area contributed by atoms with Gasteiger partial charge in [-0.1, -0.05) is 18.2 Å². The highest BCUT2D eigenvalue weighted by atomic mass is 16.2. The third-order valence-corrected chi connectivity index (χ3v) is 4.71. The predicted molar refractivity (Wildman–Crippen MR) is 86.0 cm³/mol. The fraction of sp³-hybridized carbons (Fsp3) is 0.333. The summed E-state index contributed by atoms with van der Waals surface area (Å²) in [6.07, 6.45) is 7.07. The van der Waals surface area contributed by atoms with Crippen molar-refractivity contribution >= 4 is 11.7 Å². The van der Waals surface area contributed by atoms with E-state index in [1.54, 1.807) is 6.20 Å². The van der Waals surface area contributed by atoms with Crippen molar-refractivity contribution in [3.63, 3.8) is 0 Å². The van der Waals surface area contributed by atoms with Gasteiger partial charge in [-0.25, -0.2) is 4.79 Å². The number of fused-ring (bicyclic) bond motifs is 1. The number of anilines is 1. The summed E-state index contributed by atoms with van der Waals surface area (Å²) < 4.78 is 0. The number of benzene rings is 1. The molecule has 0 bridgehead atoms. The number of rotatable bonds is 2. The summed E-state index contributed by atoms with van der Waals surface area (Å²) in [4.78, 5) is 18.4. The molecule has 1 N–H and O–H groups in total. The SMILES string of the molecule is O=C(Nc1cccc2c1CCC2)N1CC(c2cccnc2)C1. The Morgan fingerprint density at radius 1 is 1.18 bits per heavy atom. The Hall–Kier alpha value is -2.36. The van der Waals surface area contributed by atoms with Crippen molar-refractivity contribution in [1.82, 2.24) is 9.88 Å². The summed E-state index contributed by atoms with van der Waals surface area (Å²) in [5.74, 6) is 0.418. The number of carbonyl (C=O) groups is 1. The van der Waals surface area contributed by atoms with E-state index < -0.39 is 0 Å². The first-order valence-corrected chi connectivity index (χ1v) is 7.88. The van der Waals surface area contributed by atoms with Gasteiger partial charge in [0.25, 0.3) is 0 Å². The van der Waals surface area contributed by atoms with Crippen molar-refractivity contribution in [2.24, 2.45) is 0 Å². The molecule has 0 atom stereocenters. The van der Waals surface area contributed by atoms with Crippen LogP contribution in [0, 0.1) is 0 Å². The van der Waals surface area contributed by atoms with Crippen LogP contribution in [0.15, 0.2) is 42.7 Å². The summed E-state index contributed by atoms with van der Waals surface area (Å²) in [5, 5.41) is 3.09. The number of aryl methyl sites for hydroxylation is 1. The van der Waals surface area contributed by atoms with Gasteiger partial charge in [-0.15, -0.1) is 0 Å². The van der Waals surface area contributed by atoms with Crippen molar-refractivity contribution in [1.29, 1.82) is 0 Å². The van der Waals surface area contributed by atoms with Gasteiger partial charge in [0.2, 0.25) is 0 Å². The molecular weight excluding hydrogens is 274 g/mol. The molecule has 0 saturated carbocycles. The number of urea groups is 1. The number of hydrogen-bond donors (Lipinski definition) is 1. The molecule has 1 aromatic carbocycles. The lowest BCUT2D eigenvalue weighted by atomic mass is 9.93. The van der Waals surface area contributed by atoms with E-state index in [4.69, 9.17) is 0 Å². The van der Waals surface area contributed by atoms with Crippen LogP contribution in [0.3, 0.4) is 0 Å². The molecule has 1 saturated heterocycles. The highest BCUT2D eigenvalue weighted by Crippen LogP contribution is 2.30. The first-order chi connectivity index (χ1) is 10.8. The lowest BCUT2D eigenvalue weighted by Gasteiger charge is -2.39. The molecule has 2 heterocycles. The molecule has 1 fully saturated rings. The fourth-order valence-electron chi connectivity index (χ4n) is 3.40.